The van der Waals surface area contributed by atoms with Gasteiger partial charge in [0.25, 0.3) is 0 Å². The highest BCUT2D eigenvalue weighted by Gasteiger charge is 2.23. The van der Waals surface area contributed by atoms with E-state index in [0.717, 1.165) is 29.7 Å². The van der Waals surface area contributed by atoms with Crippen LogP contribution in [0.25, 0.3) is 0 Å². The van der Waals surface area contributed by atoms with Gasteiger partial charge < -0.3 is 9.64 Å². The molecule has 3 rings (SSSR count). The molecule has 1 aliphatic rings. The number of thioether (sulfide) groups is 1. The number of rotatable bonds is 4. The quantitative estimate of drug-likeness (QED) is 0.809. The van der Waals surface area contributed by atoms with Crippen molar-refractivity contribution in [2.24, 2.45) is 0 Å². The van der Waals surface area contributed by atoms with Gasteiger partial charge in [0, 0.05) is 18.8 Å². The summed E-state index contributed by atoms with van der Waals surface area (Å²) in [5.74, 6) is 1.86. The number of anilines is 1. The number of benzene rings is 1. The third kappa shape index (κ3) is 3.99. The minimum atomic E-state index is 0.228. The Hall–Kier alpha value is -1.59. The molecule has 0 radical (unpaired) electrons. The second-order valence-electron chi connectivity index (χ2n) is 5.65. The Morgan fingerprint density at radius 3 is 2.59 bits per heavy atom. The Kier molecular flexibility index (Phi) is 4.95. The predicted molar refractivity (Wildman–Crippen MR) is 90.3 cm³/mol. The van der Waals surface area contributed by atoms with Gasteiger partial charge in [-0.3, -0.25) is 4.98 Å². The molecule has 0 amide bonds. The van der Waals surface area contributed by atoms with Gasteiger partial charge in [0.2, 0.25) is 0 Å². The van der Waals surface area contributed by atoms with Gasteiger partial charge in [0.05, 0.1) is 24.6 Å². The van der Waals surface area contributed by atoms with E-state index >= 15 is 0 Å². The van der Waals surface area contributed by atoms with E-state index in [-0.39, 0.29) is 12.2 Å². The zero-order valence-corrected chi connectivity index (χ0v) is 13.8. The van der Waals surface area contributed by atoms with Gasteiger partial charge >= 0.3 is 0 Å². The van der Waals surface area contributed by atoms with Crippen molar-refractivity contribution in [1.82, 2.24) is 9.97 Å². The molecule has 1 aliphatic heterocycles. The van der Waals surface area contributed by atoms with Crippen molar-refractivity contribution >= 4 is 17.6 Å². The van der Waals surface area contributed by atoms with Gasteiger partial charge in [-0.05, 0) is 19.4 Å². The average Bonchev–Trinajstić information content (AvgIpc) is 2.53. The van der Waals surface area contributed by atoms with Crippen LogP contribution in [0.5, 0.6) is 0 Å². The summed E-state index contributed by atoms with van der Waals surface area (Å²) in [6.07, 6.45) is 4.14. The SMILES string of the molecule is CC1CN(c2cncc(SCc3ccccc3)n2)CC(C)O1. The van der Waals surface area contributed by atoms with E-state index in [4.69, 9.17) is 9.72 Å². The van der Waals surface area contributed by atoms with Crippen molar-refractivity contribution in [3.63, 3.8) is 0 Å². The lowest BCUT2D eigenvalue weighted by Crippen LogP contribution is -2.45. The topological polar surface area (TPSA) is 38.2 Å². The first-order valence-electron chi connectivity index (χ1n) is 7.60. The van der Waals surface area contributed by atoms with Crippen LogP contribution in [0.15, 0.2) is 47.8 Å². The number of morpholine rings is 1. The molecule has 1 aromatic heterocycles. The van der Waals surface area contributed by atoms with Crippen molar-refractivity contribution in [2.75, 3.05) is 18.0 Å². The lowest BCUT2D eigenvalue weighted by Gasteiger charge is -2.35. The summed E-state index contributed by atoms with van der Waals surface area (Å²) < 4.78 is 5.78. The molecule has 116 valence electrons. The van der Waals surface area contributed by atoms with Crippen LogP contribution in [0, 0.1) is 0 Å². The normalized spacial score (nSPS) is 21.8. The number of nitrogens with zero attached hydrogens (tertiary/aromatic N) is 3. The largest absolute Gasteiger partial charge is 0.372 e. The maximum atomic E-state index is 5.78. The Bertz CT molecular complexity index is 598. The molecule has 2 atom stereocenters. The molecule has 2 aromatic rings. The molecule has 0 N–H and O–H groups in total. The molecule has 0 saturated carbocycles. The smallest absolute Gasteiger partial charge is 0.148 e. The molecule has 22 heavy (non-hydrogen) atoms. The molecule has 0 spiro atoms. The summed E-state index contributed by atoms with van der Waals surface area (Å²) in [5.41, 5.74) is 1.30. The first-order valence-corrected chi connectivity index (χ1v) is 8.58. The number of aromatic nitrogens is 2. The van der Waals surface area contributed by atoms with E-state index in [1.54, 1.807) is 11.8 Å². The van der Waals surface area contributed by atoms with Crippen LogP contribution in [-0.2, 0) is 10.5 Å². The molecular formula is C17H21N3OS. The van der Waals surface area contributed by atoms with Gasteiger partial charge in [-0.25, -0.2) is 4.98 Å². The predicted octanol–water partition coefficient (Wildman–Crippen LogP) is 3.38. The van der Waals surface area contributed by atoms with Crippen molar-refractivity contribution in [3.05, 3.63) is 48.3 Å². The number of hydrogen-bond donors (Lipinski definition) is 0. The summed E-state index contributed by atoms with van der Waals surface area (Å²) in [4.78, 5) is 11.4. The standard InChI is InChI=1S/C17H21N3OS/c1-13-10-20(11-14(2)21-13)16-8-18-9-17(19-16)22-12-15-6-4-3-5-7-15/h3-9,13-14H,10-12H2,1-2H3. The fraction of sp³-hybridized carbons (Fsp3) is 0.412. The maximum Gasteiger partial charge on any atom is 0.148 e. The minimum absolute atomic E-state index is 0.228. The van der Waals surface area contributed by atoms with E-state index in [2.05, 4.69) is 48.0 Å². The zero-order chi connectivity index (χ0) is 15.4. The van der Waals surface area contributed by atoms with Crippen molar-refractivity contribution in [3.8, 4) is 0 Å². The Labute approximate surface area is 135 Å². The first-order chi connectivity index (χ1) is 10.7. The molecule has 5 heteroatoms. The van der Waals surface area contributed by atoms with Gasteiger partial charge in [0.15, 0.2) is 0 Å². The Morgan fingerprint density at radius 2 is 1.86 bits per heavy atom. The summed E-state index contributed by atoms with van der Waals surface area (Å²) in [7, 11) is 0. The first kappa shape index (κ1) is 15.3. The molecule has 4 nitrogen and oxygen atoms in total. The van der Waals surface area contributed by atoms with E-state index in [1.165, 1.54) is 5.56 Å². The summed E-state index contributed by atoms with van der Waals surface area (Å²) in [6.45, 7) is 5.94. The molecule has 0 aliphatic carbocycles. The second-order valence-corrected chi connectivity index (χ2v) is 6.65. The molecular weight excluding hydrogens is 294 g/mol. The van der Waals surface area contributed by atoms with Gasteiger partial charge in [-0.1, -0.05) is 30.3 Å². The van der Waals surface area contributed by atoms with Crippen LogP contribution in [-0.4, -0.2) is 35.3 Å². The van der Waals surface area contributed by atoms with Crippen molar-refractivity contribution in [2.45, 2.75) is 36.8 Å². The van der Waals surface area contributed by atoms with Crippen LogP contribution in [0.3, 0.4) is 0 Å². The summed E-state index contributed by atoms with van der Waals surface area (Å²) >= 11 is 1.72. The van der Waals surface area contributed by atoms with Crippen LogP contribution in [0.1, 0.15) is 19.4 Å². The van der Waals surface area contributed by atoms with E-state index < -0.39 is 0 Å². The minimum Gasteiger partial charge on any atom is -0.372 e. The monoisotopic (exact) mass is 315 g/mol. The highest BCUT2D eigenvalue weighted by atomic mass is 32.2. The third-order valence-corrected chi connectivity index (χ3v) is 4.54. The number of ether oxygens (including phenoxy) is 1. The Morgan fingerprint density at radius 1 is 1.14 bits per heavy atom. The fourth-order valence-electron chi connectivity index (χ4n) is 2.66. The highest BCUT2D eigenvalue weighted by Crippen LogP contribution is 2.24. The lowest BCUT2D eigenvalue weighted by atomic mass is 10.2. The van der Waals surface area contributed by atoms with E-state index in [0.29, 0.717) is 0 Å². The molecule has 1 fully saturated rings. The molecule has 1 saturated heterocycles. The lowest BCUT2D eigenvalue weighted by molar-refractivity contribution is -0.00550. The van der Waals surface area contributed by atoms with Crippen LogP contribution in [0.2, 0.25) is 0 Å². The number of hydrogen-bond acceptors (Lipinski definition) is 5. The summed E-state index contributed by atoms with van der Waals surface area (Å²) in [6, 6.07) is 10.4. The van der Waals surface area contributed by atoms with E-state index in [1.807, 2.05) is 18.5 Å². The van der Waals surface area contributed by atoms with Crippen LogP contribution >= 0.6 is 11.8 Å². The summed E-state index contributed by atoms with van der Waals surface area (Å²) in [5, 5.41) is 0.966. The Balaban J connectivity index is 1.67. The van der Waals surface area contributed by atoms with Crippen molar-refractivity contribution < 1.29 is 4.74 Å². The van der Waals surface area contributed by atoms with Gasteiger partial charge in [0.1, 0.15) is 10.8 Å². The second kappa shape index (κ2) is 7.11. The van der Waals surface area contributed by atoms with Gasteiger partial charge in [-0.2, -0.15) is 0 Å². The van der Waals surface area contributed by atoms with Crippen LogP contribution in [0.4, 0.5) is 5.82 Å². The van der Waals surface area contributed by atoms with E-state index in [9.17, 15) is 0 Å². The molecule has 2 unspecified atom stereocenters. The van der Waals surface area contributed by atoms with Crippen molar-refractivity contribution in [1.29, 1.82) is 0 Å². The molecule has 2 heterocycles. The fourth-order valence-corrected chi connectivity index (χ4v) is 3.46. The zero-order valence-electron chi connectivity index (χ0n) is 13.0. The van der Waals surface area contributed by atoms with Crippen LogP contribution < -0.4 is 4.90 Å². The van der Waals surface area contributed by atoms with Gasteiger partial charge in [-0.15, -0.1) is 11.8 Å². The molecule has 1 aromatic carbocycles. The third-order valence-electron chi connectivity index (χ3n) is 3.57. The average molecular weight is 315 g/mol. The highest BCUT2D eigenvalue weighted by molar-refractivity contribution is 7.98. The maximum absolute atomic E-state index is 5.78. The molecule has 0 bridgehead atoms.